The summed E-state index contributed by atoms with van der Waals surface area (Å²) in [6, 6.07) is 4.71. The van der Waals surface area contributed by atoms with Crippen LogP contribution in [0.2, 0.25) is 5.02 Å². The van der Waals surface area contributed by atoms with Gasteiger partial charge < -0.3 is 5.73 Å². The van der Waals surface area contributed by atoms with Crippen LogP contribution >= 0.6 is 11.6 Å². The summed E-state index contributed by atoms with van der Waals surface area (Å²) in [6.07, 6.45) is -4.33. The molecule has 0 heterocycles. The molecule has 2 unspecified atom stereocenters. The lowest BCUT2D eigenvalue weighted by molar-refractivity contribution is -0.182. The molecule has 0 aliphatic rings. The molecule has 0 spiro atoms. The summed E-state index contributed by atoms with van der Waals surface area (Å²) < 4.78 is 38.3. The number of nitrogens with two attached hydrogens (primary N) is 1. The molecule has 2 atom stereocenters. The molecule has 1 rings (SSSR count). The molecule has 102 valence electrons. The van der Waals surface area contributed by atoms with Crippen molar-refractivity contribution in [1.82, 2.24) is 4.90 Å². The number of alkyl halides is 3. The van der Waals surface area contributed by atoms with E-state index in [1.807, 2.05) is 0 Å². The zero-order valence-corrected chi connectivity index (χ0v) is 11.0. The van der Waals surface area contributed by atoms with Crippen LogP contribution in [0, 0.1) is 0 Å². The molecule has 0 saturated carbocycles. The molecule has 0 bridgehead atoms. The maximum absolute atomic E-state index is 12.8. The number of halogens is 4. The van der Waals surface area contributed by atoms with E-state index in [0.29, 0.717) is 5.02 Å². The van der Waals surface area contributed by atoms with Crippen molar-refractivity contribution in [2.75, 3.05) is 13.6 Å². The van der Waals surface area contributed by atoms with E-state index in [4.69, 9.17) is 17.3 Å². The first-order chi connectivity index (χ1) is 8.27. The standard InChI is InChI=1S/C12H16ClF3N2/c1-8(9-3-5-10(13)6-4-9)18(2)11(7-17)12(14,15)16/h3-6,8,11H,7,17H2,1-2H3. The van der Waals surface area contributed by atoms with Gasteiger partial charge in [0.05, 0.1) is 0 Å². The van der Waals surface area contributed by atoms with Crippen molar-refractivity contribution in [3.05, 3.63) is 34.9 Å². The summed E-state index contributed by atoms with van der Waals surface area (Å²) in [5.74, 6) is 0. The van der Waals surface area contributed by atoms with E-state index in [9.17, 15) is 13.2 Å². The average molecular weight is 281 g/mol. The van der Waals surface area contributed by atoms with Gasteiger partial charge in [-0.25, -0.2) is 0 Å². The molecular weight excluding hydrogens is 265 g/mol. The molecule has 1 aromatic carbocycles. The van der Waals surface area contributed by atoms with Crippen LogP contribution in [-0.2, 0) is 0 Å². The highest BCUT2D eigenvalue weighted by Crippen LogP contribution is 2.29. The fourth-order valence-electron chi connectivity index (χ4n) is 1.78. The fourth-order valence-corrected chi connectivity index (χ4v) is 1.90. The van der Waals surface area contributed by atoms with Gasteiger partial charge in [-0.3, -0.25) is 4.90 Å². The topological polar surface area (TPSA) is 29.3 Å². The van der Waals surface area contributed by atoms with Crippen molar-refractivity contribution < 1.29 is 13.2 Å². The Morgan fingerprint density at radius 3 is 2.17 bits per heavy atom. The van der Waals surface area contributed by atoms with E-state index in [1.54, 1.807) is 31.2 Å². The Morgan fingerprint density at radius 1 is 1.28 bits per heavy atom. The predicted molar refractivity (Wildman–Crippen MR) is 66.5 cm³/mol. The molecule has 0 saturated heterocycles. The van der Waals surface area contributed by atoms with Crippen LogP contribution in [0.15, 0.2) is 24.3 Å². The van der Waals surface area contributed by atoms with E-state index < -0.39 is 24.8 Å². The first kappa shape index (κ1) is 15.3. The minimum absolute atomic E-state index is 0.391. The molecular formula is C12H16ClF3N2. The smallest absolute Gasteiger partial charge is 0.329 e. The monoisotopic (exact) mass is 280 g/mol. The van der Waals surface area contributed by atoms with Gasteiger partial charge in [0.15, 0.2) is 0 Å². The molecule has 6 heteroatoms. The van der Waals surface area contributed by atoms with Crippen LogP contribution in [0.5, 0.6) is 0 Å². The lowest BCUT2D eigenvalue weighted by Gasteiger charge is -2.33. The quantitative estimate of drug-likeness (QED) is 0.917. The highest BCUT2D eigenvalue weighted by Gasteiger charge is 2.42. The zero-order chi connectivity index (χ0) is 13.9. The number of hydrogen-bond acceptors (Lipinski definition) is 2. The van der Waals surface area contributed by atoms with Crippen molar-refractivity contribution in [1.29, 1.82) is 0 Å². The van der Waals surface area contributed by atoms with E-state index in [1.165, 1.54) is 11.9 Å². The summed E-state index contributed by atoms with van der Waals surface area (Å²) in [6.45, 7) is 1.25. The second-order valence-corrected chi connectivity index (χ2v) is 4.62. The number of likely N-dealkylation sites (N-methyl/N-ethyl adjacent to an activating group) is 1. The predicted octanol–water partition coefficient (Wildman–Crippen LogP) is 3.22. The van der Waals surface area contributed by atoms with E-state index in [2.05, 4.69) is 0 Å². The van der Waals surface area contributed by atoms with Gasteiger partial charge in [-0.05, 0) is 31.7 Å². The van der Waals surface area contributed by atoms with Crippen molar-refractivity contribution in [2.24, 2.45) is 5.73 Å². The Hall–Kier alpha value is -0.780. The Bertz CT molecular complexity index is 378. The fraction of sp³-hybridized carbons (Fsp3) is 0.500. The van der Waals surface area contributed by atoms with E-state index >= 15 is 0 Å². The average Bonchev–Trinajstić information content (AvgIpc) is 2.28. The minimum Gasteiger partial charge on any atom is -0.329 e. The van der Waals surface area contributed by atoms with Crippen molar-refractivity contribution in [2.45, 2.75) is 25.2 Å². The van der Waals surface area contributed by atoms with Crippen LogP contribution in [0.25, 0.3) is 0 Å². The number of benzene rings is 1. The minimum atomic E-state index is -4.33. The molecule has 18 heavy (non-hydrogen) atoms. The Labute approximate surface area is 110 Å². The van der Waals surface area contributed by atoms with Gasteiger partial charge in [0, 0.05) is 17.6 Å². The van der Waals surface area contributed by atoms with Crippen molar-refractivity contribution in [3.8, 4) is 0 Å². The SMILES string of the molecule is CC(c1ccc(Cl)cc1)N(C)C(CN)C(F)(F)F. The van der Waals surface area contributed by atoms with Gasteiger partial charge in [-0.1, -0.05) is 23.7 Å². The maximum Gasteiger partial charge on any atom is 0.405 e. The maximum atomic E-state index is 12.8. The molecule has 0 radical (unpaired) electrons. The van der Waals surface area contributed by atoms with Gasteiger partial charge in [-0.15, -0.1) is 0 Å². The molecule has 0 fully saturated rings. The second kappa shape index (κ2) is 5.91. The van der Waals surface area contributed by atoms with Crippen LogP contribution in [0.1, 0.15) is 18.5 Å². The van der Waals surface area contributed by atoms with Gasteiger partial charge in [-0.2, -0.15) is 13.2 Å². The van der Waals surface area contributed by atoms with E-state index in [0.717, 1.165) is 5.56 Å². The Balaban J connectivity index is 2.88. The molecule has 1 aromatic rings. The molecule has 0 aliphatic heterocycles. The van der Waals surface area contributed by atoms with E-state index in [-0.39, 0.29) is 0 Å². The van der Waals surface area contributed by atoms with Crippen LogP contribution < -0.4 is 5.73 Å². The Morgan fingerprint density at radius 2 is 1.78 bits per heavy atom. The van der Waals surface area contributed by atoms with Gasteiger partial charge in [0.25, 0.3) is 0 Å². The molecule has 2 N–H and O–H groups in total. The highest BCUT2D eigenvalue weighted by atomic mass is 35.5. The zero-order valence-electron chi connectivity index (χ0n) is 10.2. The van der Waals surface area contributed by atoms with Gasteiger partial charge in [0.1, 0.15) is 6.04 Å². The summed E-state index contributed by atoms with van der Waals surface area (Å²) in [4.78, 5) is 1.23. The first-order valence-electron chi connectivity index (χ1n) is 5.51. The molecule has 0 aliphatic carbocycles. The summed E-state index contributed by atoms with van der Waals surface area (Å²) in [5, 5.41) is 0.555. The van der Waals surface area contributed by atoms with Gasteiger partial charge >= 0.3 is 6.18 Å². The van der Waals surface area contributed by atoms with Crippen LogP contribution in [0.3, 0.4) is 0 Å². The molecule has 2 nitrogen and oxygen atoms in total. The van der Waals surface area contributed by atoms with Crippen molar-refractivity contribution >= 4 is 11.6 Å². The number of hydrogen-bond donors (Lipinski definition) is 1. The normalized spacial score (nSPS) is 15.8. The number of nitrogens with zero attached hydrogens (tertiary/aromatic N) is 1. The third-order valence-corrected chi connectivity index (χ3v) is 3.31. The summed E-state index contributed by atoms with van der Waals surface area (Å²) in [5.41, 5.74) is 5.99. The second-order valence-electron chi connectivity index (χ2n) is 4.19. The lowest BCUT2D eigenvalue weighted by atomic mass is 10.1. The first-order valence-corrected chi connectivity index (χ1v) is 5.89. The highest BCUT2D eigenvalue weighted by molar-refractivity contribution is 6.30. The largest absolute Gasteiger partial charge is 0.405 e. The molecule has 0 amide bonds. The molecule has 0 aromatic heterocycles. The number of rotatable bonds is 4. The van der Waals surface area contributed by atoms with Crippen molar-refractivity contribution in [3.63, 3.8) is 0 Å². The Kier molecular flexibility index (Phi) is 5.01. The lowest BCUT2D eigenvalue weighted by Crippen LogP contribution is -2.49. The summed E-state index contributed by atoms with van der Waals surface area (Å²) >= 11 is 5.74. The third-order valence-electron chi connectivity index (χ3n) is 3.06. The van der Waals surface area contributed by atoms with Crippen LogP contribution in [0.4, 0.5) is 13.2 Å². The summed E-state index contributed by atoms with van der Waals surface area (Å²) in [7, 11) is 1.42. The third kappa shape index (κ3) is 3.60. The van der Waals surface area contributed by atoms with Crippen LogP contribution in [-0.4, -0.2) is 30.7 Å². The van der Waals surface area contributed by atoms with Gasteiger partial charge in [0.2, 0.25) is 0 Å².